The van der Waals surface area contributed by atoms with E-state index in [0.717, 1.165) is 12.8 Å². The van der Waals surface area contributed by atoms with Crippen LogP contribution in [-0.2, 0) is 15.6 Å². The molecule has 1 aliphatic heterocycles. The zero-order valence-corrected chi connectivity index (χ0v) is 13.5. The molecule has 0 saturated carbocycles. The van der Waals surface area contributed by atoms with Crippen molar-refractivity contribution in [2.75, 3.05) is 19.3 Å². The largest absolute Gasteiger partial charge is 0.481 e. The van der Waals surface area contributed by atoms with E-state index in [1.165, 1.54) is 0 Å². The minimum Gasteiger partial charge on any atom is -0.481 e. The zero-order chi connectivity index (χ0) is 16.1. The molecule has 1 fully saturated rings. The molecule has 1 aromatic carbocycles. The lowest BCUT2D eigenvalue weighted by molar-refractivity contribution is -0.137. The first-order chi connectivity index (χ1) is 10.5. The molecule has 2 rings (SSSR count). The first-order valence-electron chi connectivity index (χ1n) is 7.42. The Morgan fingerprint density at radius 2 is 2.00 bits per heavy atom. The van der Waals surface area contributed by atoms with E-state index in [4.69, 9.17) is 5.11 Å². The molecule has 0 spiro atoms. The molecule has 1 aliphatic rings. The van der Waals surface area contributed by atoms with Crippen molar-refractivity contribution in [3.63, 3.8) is 0 Å². The van der Waals surface area contributed by atoms with E-state index in [-0.39, 0.29) is 18.2 Å². The highest BCUT2D eigenvalue weighted by atomic mass is 32.2. The highest BCUT2D eigenvalue weighted by Gasteiger charge is 2.24. The van der Waals surface area contributed by atoms with Gasteiger partial charge >= 0.3 is 5.97 Å². The van der Waals surface area contributed by atoms with Crippen LogP contribution < -0.4 is 0 Å². The van der Waals surface area contributed by atoms with Gasteiger partial charge in [0.2, 0.25) is 0 Å². The second kappa shape index (κ2) is 7.54. The van der Waals surface area contributed by atoms with Crippen LogP contribution in [0.4, 0.5) is 0 Å². The quantitative estimate of drug-likeness (QED) is 0.901. The van der Waals surface area contributed by atoms with Gasteiger partial charge < -0.3 is 10.0 Å². The average molecular weight is 323 g/mol. The number of piperidine rings is 1. The minimum atomic E-state index is -1.05. The fourth-order valence-electron chi connectivity index (χ4n) is 2.78. The van der Waals surface area contributed by atoms with Gasteiger partial charge in [0.05, 0.1) is 0 Å². The Hall–Kier alpha value is -1.69. The van der Waals surface area contributed by atoms with Crippen LogP contribution in [0.5, 0.6) is 0 Å². The van der Waals surface area contributed by atoms with Crippen LogP contribution in [0.15, 0.2) is 29.2 Å². The molecule has 120 valence electrons. The number of aliphatic carboxylic acids is 1. The van der Waals surface area contributed by atoms with Gasteiger partial charge in [-0.2, -0.15) is 0 Å². The van der Waals surface area contributed by atoms with E-state index < -0.39 is 16.8 Å². The fraction of sp³-hybridized carbons (Fsp3) is 0.500. The number of carbonyl (C=O) groups is 2. The Kier molecular flexibility index (Phi) is 5.71. The standard InChI is InChI=1S/C16H21NO4S/c1-22(21)14-7-5-13(6-8-14)16(20)17-10-2-3-12(11-17)4-9-15(18)19/h5-8,12H,2-4,9-11H2,1H3,(H,18,19). The van der Waals surface area contributed by atoms with Crippen molar-refractivity contribution < 1.29 is 18.9 Å². The van der Waals surface area contributed by atoms with E-state index in [2.05, 4.69) is 0 Å². The minimum absolute atomic E-state index is 0.0338. The summed E-state index contributed by atoms with van der Waals surface area (Å²) in [6.45, 7) is 1.33. The molecule has 1 N–H and O–H groups in total. The molecule has 0 aliphatic carbocycles. The van der Waals surface area contributed by atoms with Gasteiger partial charge in [-0.15, -0.1) is 0 Å². The van der Waals surface area contributed by atoms with E-state index in [1.807, 2.05) is 0 Å². The van der Waals surface area contributed by atoms with Crippen molar-refractivity contribution in [3.05, 3.63) is 29.8 Å². The molecule has 2 atom stereocenters. The first-order valence-corrected chi connectivity index (χ1v) is 8.97. The monoisotopic (exact) mass is 323 g/mol. The molecule has 0 aromatic heterocycles. The van der Waals surface area contributed by atoms with Crippen molar-refractivity contribution in [2.45, 2.75) is 30.6 Å². The number of rotatable bonds is 5. The number of benzene rings is 1. The van der Waals surface area contributed by atoms with E-state index in [9.17, 15) is 13.8 Å². The van der Waals surface area contributed by atoms with Crippen LogP contribution in [0.25, 0.3) is 0 Å². The van der Waals surface area contributed by atoms with Crippen LogP contribution in [0, 0.1) is 5.92 Å². The predicted molar refractivity (Wildman–Crippen MR) is 84.3 cm³/mol. The van der Waals surface area contributed by atoms with E-state index in [1.54, 1.807) is 35.4 Å². The van der Waals surface area contributed by atoms with Crippen LogP contribution in [0.2, 0.25) is 0 Å². The number of carboxylic acids is 1. The predicted octanol–water partition coefficient (Wildman–Crippen LogP) is 2.14. The summed E-state index contributed by atoms with van der Waals surface area (Å²) in [5.41, 5.74) is 0.591. The third-order valence-electron chi connectivity index (χ3n) is 4.01. The van der Waals surface area contributed by atoms with Gasteiger partial charge in [-0.05, 0) is 49.4 Å². The van der Waals surface area contributed by atoms with Gasteiger partial charge in [-0.3, -0.25) is 13.8 Å². The third kappa shape index (κ3) is 4.40. The smallest absolute Gasteiger partial charge is 0.303 e. The number of hydrogen-bond acceptors (Lipinski definition) is 3. The molecule has 2 unspecified atom stereocenters. The number of amides is 1. The fourth-order valence-corrected chi connectivity index (χ4v) is 3.30. The summed E-state index contributed by atoms with van der Waals surface area (Å²) < 4.78 is 11.4. The Bertz CT molecular complexity index is 570. The number of carboxylic acid groups (broad SMARTS) is 1. The maximum atomic E-state index is 12.5. The maximum Gasteiger partial charge on any atom is 0.303 e. The Labute approximate surface area is 132 Å². The van der Waals surface area contributed by atoms with Crippen molar-refractivity contribution in [2.24, 2.45) is 5.92 Å². The van der Waals surface area contributed by atoms with Crippen molar-refractivity contribution >= 4 is 22.7 Å². The van der Waals surface area contributed by atoms with Crippen molar-refractivity contribution in [3.8, 4) is 0 Å². The lowest BCUT2D eigenvalue weighted by Gasteiger charge is -2.32. The molecule has 1 amide bonds. The lowest BCUT2D eigenvalue weighted by Crippen LogP contribution is -2.40. The summed E-state index contributed by atoms with van der Waals surface area (Å²) in [5.74, 6) is -0.559. The molecule has 0 bridgehead atoms. The normalized spacial score (nSPS) is 19.7. The highest BCUT2D eigenvalue weighted by molar-refractivity contribution is 7.84. The third-order valence-corrected chi connectivity index (χ3v) is 4.94. The lowest BCUT2D eigenvalue weighted by atomic mass is 9.93. The maximum absolute atomic E-state index is 12.5. The Balaban J connectivity index is 1.99. The first kappa shape index (κ1) is 16.7. The molecule has 0 radical (unpaired) electrons. The second-order valence-electron chi connectivity index (χ2n) is 5.67. The van der Waals surface area contributed by atoms with E-state index >= 15 is 0 Å². The van der Waals surface area contributed by atoms with Gasteiger partial charge in [0.15, 0.2) is 0 Å². The van der Waals surface area contributed by atoms with Gasteiger partial charge in [0.1, 0.15) is 0 Å². The molecule has 1 aromatic rings. The number of nitrogens with zero attached hydrogens (tertiary/aromatic N) is 1. The van der Waals surface area contributed by atoms with Crippen LogP contribution in [-0.4, -0.2) is 45.4 Å². The number of likely N-dealkylation sites (tertiary alicyclic amines) is 1. The highest BCUT2D eigenvalue weighted by Crippen LogP contribution is 2.22. The summed E-state index contributed by atoms with van der Waals surface area (Å²) in [4.78, 5) is 25.7. The number of carbonyl (C=O) groups excluding carboxylic acids is 1. The summed E-state index contributed by atoms with van der Waals surface area (Å²) >= 11 is 0. The van der Waals surface area contributed by atoms with Gasteiger partial charge in [-0.25, -0.2) is 0 Å². The average Bonchev–Trinajstić information content (AvgIpc) is 2.52. The zero-order valence-electron chi connectivity index (χ0n) is 12.7. The molecular weight excluding hydrogens is 302 g/mol. The summed E-state index contributed by atoms with van der Waals surface area (Å²) in [6.07, 6.45) is 4.27. The molecule has 6 heteroatoms. The van der Waals surface area contributed by atoms with Crippen LogP contribution in [0.1, 0.15) is 36.0 Å². The van der Waals surface area contributed by atoms with Gasteiger partial charge in [-0.1, -0.05) is 0 Å². The van der Waals surface area contributed by atoms with Crippen molar-refractivity contribution in [1.29, 1.82) is 0 Å². The molecular formula is C16H21NO4S. The molecule has 1 heterocycles. The SMILES string of the molecule is CS(=O)c1ccc(C(=O)N2CCCC(CCC(=O)O)C2)cc1. The molecule has 5 nitrogen and oxygen atoms in total. The summed E-state index contributed by atoms with van der Waals surface area (Å²) in [5, 5.41) is 8.76. The molecule has 1 saturated heterocycles. The Morgan fingerprint density at radius 1 is 1.32 bits per heavy atom. The van der Waals surface area contributed by atoms with Gasteiger partial charge in [0.25, 0.3) is 5.91 Å². The Morgan fingerprint density at radius 3 is 2.59 bits per heavy atom. The van der Waals surface area contributed by atoms with Crippen LogP contribution >= 0.6 is 0 Å². The second-order valence-corrected chi connectivity index (χ2v) is 7.05. The molecule has 22 heavy (non-hydrogen) atoms. The van der Waals surface area contributed by atoms with Crippen LogP contribution in [0.3, 0.4) is 0 Å². The summed E-state index contributed by atoms with van der Waals surface area (Å²) in [7, 11) is -1.05. The summed E-state index contributed by atoms with van der Waals surface area (Å²) in [6, 6.07) is 6.85. The topological polar surface area (TPSA) is 74.7 Å². The van der Waals surface area contributed by atoms with Crippen molar-refractivity contribution in [1.82, 2.24) is 4.90 Å². The van der Waals surface area contributed by atoms with Gasteiger partial charge in [0, 0.05) is 47.0 Å². The number of hydrogen-bond donors (Lipinski definition) is 1. The van der Waals surface area contributed by atoms with E-state index in [0.29, 0.717) is 30.0 Å².